The van der Waals surface area contributed by atoms with Gasteiger partial charge in [-0.3, -0.25) is 0 Å². The van der Waals surface area contributed by atoms with Crippen LogP contribution < -0.4 is 5.73 Å². The molecule has 0 amide bonds. The van der Waals surface area contributed by atoms with Gasteiger partial charge in [0.25, 0.3) is 0 Å². The third-order valence-electron chi connectivity index (χ3n) is 2.35. The molecule has 0 aliphatic carbocycles. The molecule has 0 aliphatic heterocycles. The van der Waals surface area contributed by atoms with E-state index in [9.17, 15) is 0 Å². The summed E-state index contributed by atoms with van der Waals surface area (Å²) in [7, 11) is 0. The number of thiazole rings is 1. The summed E-state index contributed by atoms with van der Waals surface area (Å²) in [6.07, 6.45) is 0. The predicted octanol–water partition coefficient (Wildman–Crippen LogP) is 3.79. The van der Waals surface area contributed by atoms with Gasteiger partial charge in [0.1, 0.15) is 5.01 Å². The number of rotatable bonds is 2. The number of aryl methyl sites for hydroxylation is 1. The molecule has 1 aromatic carbocycles. The summed E-state index contributed by atoms with van der Waals surface area (Å²) in [6, 6.07) is 7.75. The van der Waals surface area contributed by atoms with E-state index >= 15 is 0 Å². The van der Waals surface area contributed by atoms with E-state index in [1.807, 2.05) is 38.1 Å². The van der Waals surface area contributed by atoms with Crippen molar-refractivity contribution < 1.29 is 0 Å². The van der Waals surface area contributed by atoms with Gasteiger partial charge in [-0.15, -0.1) is 11.3 Å². The Bertz CT molecular complexity index is 505. The van der Waals surface area contributed by atoms with Crippen molar-refractivity contribution in [3.8, 4) is 10.6 Å². The summed E-state index contributed by atoms with van der Waals surface area (Å²) in [6.45, 7) is 3.95. The van der Waals surface area contributed by atoms with Gasteiger partial charge >= 0.3 is 0 Å². The fourth-order valence-corrected chi connectivity index (χ4v) is 2.92. The minimum absolute atomic E-state index is 0.0220. The Morgan fingerprint density at radius 3 is 2.62 bits per heavy atom. The van der Waals surface area contributed by atoms with E-state index in [0.29, 0.717) is 0 Å². The third kappa shape index (κ3) is 2.12. The number of aromatic nitrogens is 1. The van der Waals surface area contributed by atoms with E-state index in [2.05, 4.69) is 4.98 Å². The molecule has 2 N–H and O–H groups in total. The van der Waals surface area contributed by atoms with Gasteiger partial charge in [-0.25, -0.2) is 4.98 Å². The molecule has 0 fully saturated rings. The lowest BCUT2D eigenvalue weighted by Crippen LogP contribution is -2.03. The van der Waals surface area contributed by atoms with Gasteiger partial charge < -0.3 is 5.73 Å². The maximum atomic E-state index is 6.14. The number of nitrogens with zero attached hydrogens (tertiary/aromatic N) is 1. The van der Waals surface area contributed by atoms with Crippen molar-refractivity contribution >= 4 is 22.9 Å². The second-order valence-electron chi connectivity index (χ2n) is 3.74. The minimum Gasteiger partial charge on any atom is -0.323 e. The minimum atomic E-state index is 0.0220. The van der Waals surface area contributed by atoms with Gasteiger partial charge in [0.15, 0.2) is 0 Å². The molecule has 1 unspecified atom stereocenters. The predicted molar refractivity (Wildman–Crippen MR) is 69.9 cm³/mol. The van der Waals surface area contributed by atoms with Gasteiger partial charge in [-0.1, -0.05) is 29.8 Å². The molecule has 4 heteroatoms. The normalized spacial score (nSPS) is 12.8. The Labute approximate surface area is 104 Å². The zero-order valence-corrected chi connectivity index (χ0v) is 10.8. The zero-order valence-electron chi connectivity index (χ0n) is 9.20. The zero-order chi connectivity index (χ0) is 11.7. The van der Waals surface area contributed by atoms with Crippen molar-refractivity contribution in [2.75, 3.05) is 0 Å². The number of hydrogen-bond acceptors (Lipinski definition) is 3. The number of halogens is 1. The average molecular weight is 253 g/mol. The first-order valence-corrected chi connectivity index (χ1v) is 6.27. The van der Waals surface area contributed by atoms with Crippen LogP contribution in [0.25, 0.3) is 10.6 Å². The third-order valence-corrected chi connectivity index (χ3v) is 4.07. The SMILES string of the molecule is Cc1nc(-c2ccccc2Cl)sc1C(C)N. The van der Waals surface area contributed by atoms with Crippen LogP contribution in [0.3, 0.4) is 0 Å². The van der Waals surface area contributed by atoms with E-state index in [1.54, 1.807) is 11.3 Å². The molecule has 2 aromatic rings. The molecule has 2 rings (SSSR count). The summed E-state index contributed by atoms with van der Waals surface area (Å²) < 4.78 is 0. The van der Waals surface area contributed by atoms with Crippen molar-refractivity contribution in [2.24, 2.45) is 5.73 Å². The van der Waals surface area contributed by atoms with Gasteiger partial charge in [0, 0.05) is 16.5 Å². The monoisotopic (exact) mass is 252 g/mol. The lowest BCUT2D eigenvalue weighted by Gasteiger charge is -2.00. The lowest BCUT2D eigenvalue weighted by atomic mass is 10.2. The molecule has 0 aliphatic rings. The molecule has 1 aromatic heterocycles. The quantitative estimate of drug-likeness (QED) is 0.883. The Hall–Kier alpha value is -0.900. The fourth-order valence-electron chi connectivity index (χ4n) is 1.58. The highest BCUT2D eigenvalue weighted by molar-refractivity contribution is 7.15. The maximum Gasteiger partial charge on any atom is 0.125 e. The first-order valence-electron chi connectivity index (χ1n) is 5.07. The molecule has 0 saturated carbocycles. The average Bonchev–Trinajstić information content (AvgIpc) is 2.61. The smallest absolute Gasteiger partial charge is 0.125 e. The van der Waals surface area contributed by atoms with E-state index in [4.69, 9.17) is 17.3 Å². The van der Waals surface area contributed by atoms with Crippen molar-refractivity contribution in [2.45, 2.75) is 19.9 Å². The van der Waals surface area contributed by atoms with E-state index in [1.165, 1.54) is 0 Å². The highest BCUT2D eigenvalue weighted by Gasteiger charge is 2.13. The van der Waals surface area contributed by atoms with Crippen molar-refractivity contribution in [3.63, 3.8) is 0 Å². The van der Waals surface area contributed by atoms with Crippen LogP contribution in [0, 0.1) is 6.92 Å². The van der Waals surface area contributed by atoms with Crippen LogP contribution in [0.15, 0.2) is 24.3 Å². The van der Waals surface area contributed by atoms with Crippen LogP contribution in [0.5, 0.6) is 0 Å². The Morgan fingerprint density at radius 2 is 2.06 bits per heavy atom. The van der Waals surface area contributed by atoms with E-state index in [0.717, 1.165) is 26.2 Å². The summed E-state index contributed by atoms with van der Waals surface area (Å²) >= 11 is 7.75. The van der Waals surface area contributed by atoms with Crippen LogP contribution >= 0.6 is 22.9 Å². The topological polar surface area (TPSA) is 38.9 Å². The Balaban J connectivity index is 2.50. The van der Waals surface area contributed by atoms with Gasteiger partial charge in [-0.05, 0) is 19.9 Å². The highest BCUT2D eigenvalue weighted by Crippen LogP contribution is 2.34. The van der Waals surface area contributed by atoms with Gasteiger partial charge in [-0.2, -0.15) is 0 Å². The molecule has 1 atom stereocenters. The van der Waals surface area contributed by atoms with Crippen LogP contribution in [-0.2, 0) is 0 Å². The largest absolute Gasteiger partial charge is 0.323 e. The summed E-state index contributed by atoms with van der Waals surface area (Å²) in [5.41, 5.74) is 7.85. The second kappa shape index (κ2) is 4.53. The molecule has 16 heavy (non-hydrogen) atoms. The van der Waals surface area contributed by atoms with Crippen LogP contribution in [0.4, 0.5) is 0 Å². The number of hydrogen-bond donors (Lipinski definition) is 1. The molecule has 1 heterocycles. The highest BCUT2D eigenvalue weighted by atomic mass is 35.5. The van der Waals surface area contributed by atoms with Crippen molar-refractivity contribution in [3.05, 3.63) is 39.9 Å². The van der Waals surface area contributed by atoms with E-state index in [-0.39, 0.29) is 6.04 Å². The molecule has 0 saturated heterocycles. The molecule has 84 valence electrons. The molecule has 2 nitrogen and oxygen atoms in total. The van der Waals surface area contributed by atoms with Crippen molar-refractivity contribution in [1.29, 1.82) is 0 Å². The van der Waals surface area contributed by atoms with Crippen LogP contribution in [0.2, 0.25) is 5.02 Å². The molecule has 0 bridgehead atoms. The van der Waals surface area contributed by atoms with Crippen LogP contribution in [-0.4, -0.2) is 4.98 Å². The van der Waals surface area contributed by atoms with Gasteiger partial charge in [0.05, 0.1) is 10.7 Å². The van der Waals surface area contributed by atoms with Crippen molar-refractivity contribution in [1.82, 2.24) is 4.98 Å². The van der Waals surface area contributed by atoms with Crippen LogP contribution in [0.1, 0.15) is 23.5 Å². The summed E-state index contributed by atoms with van der Waals surface area (Å²) in [5.74, 6) is 0. The Morgan fingerprint density at radius 1 is 1.38 bits per heavy atom. The van der Waals surface area contributed by atoms with E-state index < -0.39 is 0 Å². The first kappa shape index (κ1) is 11.6. The number of benzene rings is 1. The summed E-state index contributed by atoms with van der Waals surface area (Å²) in [4.78, 5) is 5.64. The molecule has 0 spiro atoms. The standard InChI is InChI=1S/C12H13ClN2S/c1-7(14)11-8(2)15-12(16-11)9-5-3-4-6-10(9)13/h3-7H,14H2,1-2H3. The first-order chi connectivity index (χ1) is 7.59. The Kier molecular flexibility index (Phi) is 3.28. The second-order valence-corrected chi connectivity index (χ2v) is 5.18. The van der Waals surface area contributed by atoms with Gasteiger partial charge in [0.2, 0.25) is 0 Å². The maximum absolute atomic E-state index is 6.14. The fraction of sp³-hybridized carbons (Fsp3) is 0.250. The lowest BCUT2D eigenvalue weighted by molar-refractivity contribution is 0.825. The molecular weight excluding hydrogens is 240 g/mol. The summed E-state index contributed by atoms with van der Waals surface area (Å²) in [5, 5.41) is 1.67. The molecule has 0 radical (unpaired) electrons. The number of nitrogens with two attached hydrogens (primary N) is 1. The molecular formula is C12H13ClN2S.